The molecule has 0 spiro atoms. The number of carbonyl (C=O) groups is 2. The van der Waals surface area contributed by atoms with E-state index in [9.17, 15) is 9.59 Å². The topological polar surface area (TPSA) is 74.6 Å². The zero-order valence-corrected chi connectivity index (χ0v) is 9.87. The molecule has 0 saturated heterocycles. The Morgan fingerprint density at radius 2 is 1.29 bits per heavy atom. The van der Waals surface area contributed by atoms with Gasteiger partial charge in [0.15, 0.2) is 0 Å². The van der Waals surface area contributed by atoms with Crippen molar-refractivity contribution in [1.82, 2.24) is 0 Å². The first-order valence-electron chi connectivity index (χ1n) is 3.18. The van der Waals surface area contributed by atoms with Gasteiger partial charge in [0.25, 0.3) is 0 Å². The largest absolute Gasteiger partial charge is 2.00 e. The Morgan fingerprint density at radius 3 is 1.50 bits per heavy atom. The third-order valence-corrected chi connectivity index (χ3v) is 1.39. The van der Waals surface area contributed by atoms with Crippen molar-refractivity contribution in [2.75, 3.05) is 0 Å². The summed E-state index contributed by atoms with van der Waals surface area (Å²) in [5, 5.41) is 17.1. The van der Waals surface area contributed by atoms with Gasteiger partial charge in [-0.05, 0) is 12.1 Å². The van der Waals surface area contributed by atoms with Crippen molar-refractivity contribution in [3.05, 3.63) is 35.4 Å². The summed E-state index contributed by atoms with van der Waals surface area (Å²) < 4.78 is 0. The van der Waals surface area contributed by atoms with Gasteiger partial charge in [-0.15, -0.1) is 0 Å². The Kier molecular flexibility index (Phi) is 7.78. The second-order valence-corrected chi connectivity index (χ2v) is 2.16. The van der Waals surface area contributed by atoms with Crippen molar-refractivity contribution < 1.29 is 22.7 Å². The Hall–Kier alpha value is -0.541. The van der Waals surface area contributed by atoms with Gasteiger partial charge in [-0.1, -0.05) is 12.1 Å². The number of carboxylic acid groups (broad SMARTS) is 2. The van der Waals surface area contributed by atoms with Crippen molar-refractivity contribution in [2.45, 2.75) is 0 Å². The molecule has 3 radical (unpaired) electrons. The number of hydrogen-bond donors (Lipinski definition) is 2. The average Bonchev–Trinajstić information content (AvgIpc) is 2.04. The van der Waals surface area contributed by atoms with E-state index in [1.165, 1.54) is 24.3 Å². The zero-order chi connectivity index (χ0) is 9.14. The van der Waals surface area contributed by atoms with E-state index in [1.54, 1.807) is 0 Å². The van der Waals surface area contributed by atoms with Gasteiger partial charge in [0.1, 0.15) is 0 Å². The number of benzene rings is 1. The summed E-state index contributed by atoms with van der Waals surface area (Å²) in [6.07, 6.45) is 0. The molecule has 0 unspecified atom stereocenters. The molecule has 69 valence electrons. The van der Waals surface area contributed by atoms with Gasteiger partial charge >= 0.3 is 35.0 Å². The van der Waals surface area contributed by atoms with Crippen molar-refractivity contribution in [2.24, 2.45) is 0 Å². The van der Waals surface area contributed by atoms with Crippen LogP contribution in [-0.4, -0.2) is 62.6 Å². The van der Waals surface area contributed by atoms with Crippen LogP contribution in [0.2, 0.25) is 0 Å². The van der Waals surface area contributed by atoms with Gasteiger partial charge < -0.3 is 13.1 Å². The van der Waals surface area contributed by atoms with E-state index < -0.39 is 11.9 Å². The van der Waals surface area contributed by atoms with Crippen molar-refractivity contribution in [1.29, 1.82) is 0 Å². The predicted octanol–water partition coefficient (Wildman–Crippen LogP) is 0.546. The summed E-state index contributed by atoms with van der Waals surface area (Å²) >= 11 is 0. The minimum atomic E-state index is -1.23. The fourth-order valence-corrected chi connectivity index (χ4v) is 0.856. The van der Waals surface area contributed by atoms with Crippen molar-refractivity contribution >= 4 is 52.4 Å². The summed E-state index contributed by atoms with van der Waals surface area (Å²) in [7, 11) is 0. The number of carboxylic acids is 2. The fraction of sp³-hybridized carbons (Fsp3) is 0. The molecule has 0 fully saturated rings. The van der Waals surface area contributed by atoms with Crippen LogP contribution in [0.15, 0.2) is 24.3 Å². The minimum Gasteiger partial charge on any atom is -1.00 e. The number of aromatic carboxylic acids is 2. The molecular formula is C8H8AlMgO4. The van der Waals surface area contributed by atoms with Crippen LogP contribution in [-0.2, 0) is 0 Å². The molecule has 0 saturated carbocycles. The van der Waals surface area contributed by atoms with E-state index >= 15 is 0 Å². The molecule has 6 heteroatoms. The maximum atomic E-state index is 10.5. The molecule has 1 rings (SSSR count). The smallest absolute Gasteiger partial charge is 1.00 e. The Balaban J connectivity index is -0.000000180. The second-order valence-electron chi connectivity index (χ2n) is 2.16. The van der Waals surface area contributed by atoms with Gasteiger partial charge in [0.2, 0.25) is 0 Å². The molecule has 0 aliphatic heterocycles. The fourth-order valence-electron chi connectivity index (χ4n) is 0.856. The average molecular weight is 219 g/mol. The van der Waals surface area contributed by atoms with Crippen molar-refractivity contribution in [3.63, 3.8) is 0 Å². The van der Waals surface area contributed by atoms with E-state index in [2.05, 4.69) is 0 Å². The normalized spacial score (nSPS) is 8.00. The maximum absolute atomic E-state index is 10.5. The molecule has 0 amide bonds. The van der Waals surface area contributed by atoms with E-state index in [0.717, 1.165) is 0 Å². The molecule has 14 heavy (non-hydrogen) atoms. The van der Waals surface area contributed by atoms with Gasteiger partial charge in [-0.2, -0.15) is 0 Å². The molecule has 1 aromatic rings. The first kappa shape index (κ1) is 15.9. The van der Waals surface area contributed by atoms with Crippen molar-refractivity contribution in [3.8, 4) is 0 Å². The van der Waals surface area contributed by atoms with Crippen LogP contribution in [0.4, 0.5) is 0 Å². The van der Waals surface area contributed by atoms with Crippen LogP contribution in [0.3, 0.4) is 0 Å². The Bertz CT molecular complexity index is 316. The predicted molar refractivity (Wildman–Crippen MR) is 54.1 cm³/mol. The summed E-state index contributed by atoms with van der Waals surface area (Å²) in [6.45, 7) is 0. The monoisotopic (exact) mass is 219 g/mol. The molecule has 0 aromatic heterocycles. The zero-order valence-electron chi connectivity index (χ0n) is 9.30. The van der Waals surface area contributed by atoms with E-state index in [-0.39, 0.29) is 54.4 Å². The van der Waals surface area contributed by atoms with Gasteiger partial charge in [-0.3, -0.25) is 0 Å². The van der Waals surface area contributed by atoms with Gasteiger partial charge in [-0.25, -0.2) is 9.59 Å². The van der Waals surface area contributed by atoms with E-state index in [1.807, 2.05) is 0 Å². The quantitative estimate of drug-likeness (QED) is 0.712. The van der Waals surface area contributed by atoms with E-state index in [0.29, 0.717) is 0 Å². The molecule has 0 heterocycles. The molecule has 1 aromatic carbocycles. The van der Waals surface area contributed by atoms with Crippen LogP contribution < -0.4 is 0 Å². The third-order valence-electron chi connectivity index (χ3n) is 1.39. The number of hydrogen-bond acceptors (Lipinski definition) is 2. The summed E-state index contributed by atoms with van der Waals surface area (Å²) in [4.78, 5) is 20.9. The summed E-state index contributed by atoms with van der Waals surface area (Å²) in [6, 6.07) is 5.48. The first-order valence-corrected chi connectivity index (χ1v) is 3.18. The second kappa shape index (κ2) is 6.85. The van der Waals surface area contributed by atoms with Crippen LogP contribution in [0.25, 0.3) is 0 Å². The van der Waals surface area contributed by atoms with E-state index in [4.69, 9.17) is 10.2 Å². The molecule has 0 aliphatic rings. The van der Waals surface area contributed by atoms with Crippen LogP contribution in [0.1, 0.15) is 23.6 Å². The Labute approximate surface area is 110 Å². The van der Waals surface area contributed by atoms with Crippen LogP contribution in [0, 0.1) is 0 Å². The third kappa shape index (κ3) is 3.68. The van der Waals surface area contributed by atoms with Crippen LogP contribution in [0.5, 0.6) is 0 Å². The molecule has 0 atom stereocenters. The minimum absolute atomic E-state index is 0. The molecule has 0 bridgehead atoms. The molecule has 4 nitrogen and oxygen atoms in total. The molecular weight excluding hydrogens is 211 g/mol. The van der Waals surface area contributed by atoms with Gasteiger partial charge in [0, 0.05) is 17.4 Å². The number of rotatable bonds is 2. The first-order chi connectivity index (χ1) is 5.63. The Morgan fingerprint density at radius 1 is 1.00 bits per heavy atom. The summed E-state index contributed by atoms with van der Waals surface area (Å²) in [5.74, 6) is -2.46. The van der Waals surface area contributed by atoms with Crippen LogP contribution >= 0.6 is 0 Å². The molecule has 0 aliphatic carbocycles. The maximum Gasteiger partial charge on any atom is 2.00 e. The standard InChI is InChI=1S/C8H6O4.Al.Mg.2H/c9-7(10)5-3-1-2-4-6(5)8(11)12;;;;/h1-4H,(H,9,10)(H,11,12);;;;/q;;+2;2*-1. The summed E-state index contributed by atoms with van der Waals surface area (Å²) in [5.41, 5.74) is -0.380. The molecule has 2 N–H and O–H groups in total. The SMILES string of the molecule is O=C(O)c1ccccc1C(=O)O.[Al].[H-].[H-].[Mg+2]. The van der Waals surface area contributed by atoms with Gasteiger partial charge in [0.05, 0.1) is 11.1 Å².